The molecule has 0 unspecified atom stereocenters. The molecule has 1 aliphatic rings. The maximum absolute atomic E-state index is 11.8. The molecule has 0 aromatic rings. The smallest absolute Gasteiger partial charge is 0.307 e. The Morgan fingerprint density at radius 1 is 1.22 bits per heavy atom. The molecule has 1 saturated carbocycles. The highest BCUT2D eigenvalue weighted by Crippen LogP contribution is 2.31. The maximum atomic E-state index is 11.8. The van der Waals surface area contributed by atoms with Crippen molar-refractivity contribution in [1.82, 2.24) is 5.32 Å². The van der Waals surface area contributed by atoms with Crippen molar-refractivity contribution >= 4 is 23.6 Å². The Morgan fingerprint density at radius 2 is 1.94 bits per heavy atom. The first-order valence-electron chi connectivity index (χ1n) is 6.36. The fourth-order valence-electron chi connectivity index (χ4n) is 2.22. The second-order valence-electron chi connectivity index (χ2n) is 4.46. The summed E-state index contributed by atoms with van der Waals surface area (Å²) in [6.45, 7) is 0.763. The summed E-state index contributed by atoms with van der Waals surface area (Å²) in [7, 11) is 0. The topological polar surface area (TPSA) is 86.6 Å². The zero-order valence-electron chi connectivity index (χ0n) is 10.4. The van der Waals surface area contributed by atoms with Gasteiger partial charge in [0.2, 0.25) is 5.91 Å². The number of thioether (sulfide) groups is 1. The molecule has 0 spiro atoms. The van der Waals surface area contributed by atoms with Crippen molar-refractivity contribution in [2.45, 2.75) is 25.7 Å². The second-order valence-corrected chi connectivity index (χ2v) is 5.69. The van der Waals surface area contributed by atoms with Crippen molar-refractivity contribution < 1.29 is 19.8 Å². The summed E-state index contributed by atoms with van der Waals surface area (Å²) in [4.78, 5) is 22.8. The Kier molecular flexibility index (Phi) is 7.12. The number of nitrogens with one attached hydrogen (secondary N) is 1. The fourth-order valence-corrected chi connectivity index (χ4v) is 3.00. The van der Waals surface area contributed by atoms with Gasteiger partial charge in [0.1, 0.15) is 0 Å². The third-order valence-corrected chi connectivity index (χ3v) is 4.23. The maximum Gasteiger partial charge on any atom is 0.307 e. The van der Waals surface area contributed by atoms with Gasteiger partial charge in [0, 0.05) is 18.9 Å². The van der Waals surface area contributed by atoms with Gasteiger partial charge in [-0.05, 0) is 25.0 Å². The van der Waals surface area contributed by atoms with Crippen molar-refractivity contribution in [2.24, 2.45) is 11.8 Å². The van der Waals surface area contributed by atoms with Crippen LogP contribution in [0.5, 0.6) is 0 Å². The largest absolute Gasteiger partial charge is 0.481 e. The molecule has 1 amide bonds. The molecule has 0 heterocycles. The van der Waals surface area contributed by atoms with Gasteiger partial charge in [-0.15, -0.1) is 0 Å². The molecule has 3 N–H and O–H groups in total. The molecule has 1 rings (SSSR count). The Hall–Kier alpha value is -0.750. The van der Waals surface area contributed by atoms with Crippen LogP contribution in [0.3, 0.4) is 0 Å². The van der Waals surface area contributed by atoms with Gasteiger partial charge < -0.3 is 15.5 Å². The van der Waals surface area contributed by atoms with Crippen LogP contribution in [0.15, 0.2) is 0 Å². The number of hydrogen-bond donors (Lipinski definition) is 3. The summed E-state index contributed by atoms with van der Waals surface area (Å²) < 4.78 is 0. The van der Waals surface area contributed by atoms with E-state index in [9.17, 15) is 9.59 Å². The van der Waals surface area contributed by atoms with E-state index in [0.29, 0.717) is 19.4 Å². The monoisotopic (exact) mass is 275 g/mol. The standard InChI is InChI=1S/C12H21NO4S/c14-6-2-7-18-8-5-13-11(15)9-3-1-4-10(9)12(16)17/h9-10,14H,1-8H2,(H,13,15)(H,16,17)/t9-,10+/m1/s1. The second kappa shape index (κ2) is 8.37. The van der Waals surface area contributed by atoms with Crippen LogP contribution in [-0.4, -0.2) is 46.7 Å². The van der Waals surface area contributed by atoms with Gasteiger partial charge in [0.15, 0.2) is 0 Å². The number of aliphatic hydroxyl groups is 1. The third-order valence-electron chi connectivity index (χ3n) is 3.16. The van der Waals surface area contributed by atoms with Crippen LogP contribution in [0.1, 0.15) is 25.7 Å². The Morgan fingerprint density at radius 3 is 2.61 bits per heavy atom. The van der Waals surface area contributed by atoms with Crippen molar-refractivity contribution in [2.75, 3.05) is 24.7 Å². The first kappa shape index (κ1) is 15.3. The summed E-state index contributed by atoms with van der Waals surface area (Å²) in [6.07, 6.45) is 2.88. The Bertz CT molecular complexity index is 285. The van der Waals surface area contributed by atoms with Crippen molar-refractivity contribution in [3.63, 3.8) is 0 Å². The molecular weight excluding hydrogens is 254 g/mol. The van der Waals surface area contributed by atoms with Crippen LogP contribution in [0.2, 0.25) is 0 Å². The zero-order chi connectivity index (χ0) is 13.4. The van der Waals surface area contributed by atoms with Crippen molar-refractivity contribution in [3.05, 3.63) is 0 Å². The summed E-state index contributed by atoms with van der Waals surface area (Å²) in [5.41, 5.74) is 0. The lowest BCUT2D eigenvalue weighted by Crippen LogP contribution is -2.36. The SMILES string of the molecule is O=C(O)[C@H]1CCC[C@H]1C(=O)NCCSCCCO. The minimum atomic E-state index is -0.857. The van der Waals surface area contributed by atoms with Crippen LogP contribution >= 0.6 is 11.8 Å². The Balaban J connectivity index is 2.18. The summed E-state index contributed by atoms with van der Waals surface area (Å²) >= 11 is 1.68. The molecule has 1 fully saturated rings. The highest BCUT2D eigenvalue weighted by molar-refractivity contribution is 7.99. The van der Waals surface area contributed by atoms with Crippen LogP contribution in [0.25, 0.3) is 0 Å². The van der Waals surface area contributed by atoms with E-state index >= 15 is 0 Å². The molecule has 0 bridgehead atoms. The number of amides is 1. The van der Waals surface area contributed by atoms with Crippen LogP contribution < -0.4 is 5.32 Å². The van der Waals surface area contributed by atoms with E-state index < -0.39 is 11.9 Å². The highest BCUT2D eigenvalue weighted by Gasteiger charge is 2.37. The first-order valence-corrected chi connectivity index (χ1v) is 7.51. The lowest BCUT2D eigenvalue weighted by molar-refractivity contribution is -0.146. The summed E-state index contributed by atoms with van der Waals surface area (Å²) in [6, 6.07) is 0. The van der Waals surface area contributed by atoms with E-state index in [1.165, 1.54) is 0 Å². The summed E-state index contributed by atoms with van der Waals surface area (Å²) in [5.74, 6) is -0.159. The van der Waals surface area contributed by atoms with E-state index in [1.54, 1.807) is 11.8 Å². The van der Waals surface area contributed by atoms with Gasteiger partial charge in [-0.3, -0.25) is 9.59 Å². The van der Waals surface area contributed by atoms with Gasteiger partial charge in [-0.2, -0.15) is 11.8 Å². The first-order chi connectivity index (χ1) is 8.66. The number of carbonyl (C=O) groups is 2. The molecule has 0 saturated heterocycles. The molecule has 2 atom stereocenters. The molecular formula is C12H21NO4S. The van der Waals surface area contributed by atoms with E-state index in [0.717, 1.165) is 24.3 Å². The number of carbonyl (C=O) groups excluding carboxylic acids is 1. The number of carboxylic acids is 1. The fraction of sp³-hybridized carbons (Fsp3) is 0.833. The summed E-state index contributed by atoms with van der Waals surface area (Å²) in [5, 5.41) is 20.4. The van der Waals surface area contributed by atoms with Gasteiger partial charge in [-0.25, -0.2) is 0 Å². The lowest BCUT2D eigenvalue weighted by atomic mass is 9.95. The third kappa shape index (κ3) is 4.86. The molecule has 0 aliphatic heterocycles. The molecule has 0 radical (unpaired) electrons. The number of hydrogen-bond acceptors (Lipinski definition) is 4. The predicted molar refractivity (Wildman–Crippen MR) is 70.5 cm³/mol. The van der Waals surface area contributed by atoms with Gasteiger partial charge in [-0.1, -0.05) is 6.42 Å². The molecule has 1 aliphatic carbocycles. The van der Waals surface area contributed by atoms with Gasteiger partial charge in [0.05, 0.1) is 11.8 Å². The number of carboxylic acid groups (broad SMARTS) is 1. The number of aliphatic hydroxyl groups excluding tert-OH is 1. The molecule has 18 heavy (non-hydrogen) atoms. The Labute approximate surface area is 111 Å². The number of aliphatic carboxylic acids is 1. The van der Waals surface area contributed by atoms with Crippen molar-refractivity contribution in [1.29, 1.82) is 0 Å². The predicted octanol–water partition coefficient (Wildman–Crippen LogP) is 0.719. The molecule has 0 aromatic heterocycles. The van der Waals surface area contributed by atoms with E-state index in [4.69, 9.17) is 10.2 Å². The molecule has 0 aromatic carbocycles. The van der Waals surface area contributed by atoms with Crippen LogP contribution in [-0.2, 0) is 9.59 Å². The van der Waals surface area contributed by atoms with E-state index in [-0.39, 0.29) is 18.4 Å². The molecule has 104 valence electrons. The minimum absolute atomic E-state index is 0.123. The van der Waals surface area contributed by atoms with Crippen LogP contribution in [0.4, 0.5) is 0 Å². The van der Waals surface area contributed by atoms with E-state index in [1.807, 2.05) is 0 Å². The lowest BCUT2D eigenvalue weighted by Gasteiger charge is -2.15. The average Bonchev–Trinajstić information content (AvgIpc) is 2.82. The van der Waals surface area contributed by atoms with E-state index in [2.05, 4.69) is 5.32 Å². The van der Waals surface area contributed by atoms with Crippen LogP contribution in [0, 0.1) is 11.8 Å². The minimum Gasteiger partial charge on any atom is -0.481 e. The quantitative estimate of drug-likeness (QED) is 0.568. The molecule has 6 heteroatoms. The van der Waals surface area contributed by atoms with Crippen molar-refractivity contribution in [3.8, 4) is 0 Å². The number of rotatable bonds is 8. The molecule has 5 nitrogen and oxygen atoms in total. The highest BCUT2D eigenvalue weighted by atomic mass is 32.2. The van der Waals surface area contributed by atoms with Gasteiger partial charge in [0.25, 0.3) is 0 Å². The average molecular weight is 275 g/mol. The zero-order valence-corrected chi connectivity index (χ0v) is 11.2. The van der Waals surface area contributed by atoms with Gasteiger partial charge >= 0.3 is 5.97 Å². The normalized spacial score (nSPS) is 22.9.